The summed E-state index contributed by atoms with van der Waals surface area (Å²) < 4.78 is 0. The molecular weight excluding hydrogens is 350 g/mol. The molecule has 0 bridgehead atoms. The van der Waals surface area contributed by atoms with Crippen LogP contribution in [0.5, 0.6) is 0 Å². The SMILES string of the molecule is Cc1ccc(SCCN(C)C(=O)c2cnc(CN3CCCC3)s2)cc1. The van der Waals surface area contributed by atoms with Gasteiger partial charge in [0.05, 0.1) is 12.7 Å². The second-order valence-corrected chi connectivity index (χ2v) is 8.77. The molecule has 1 aliphatic rings. The van der Waals surface area contributed by atoms with Gasteiger partial charge in [0, 0.05) is 24.2 Å². The molecule has 1 aromatic carbocycles. The number of benzene rings is 1. The lowest BCUT2D eigenvalue weighted by Crippen LogP contribution is -2.28. The van der Waals surface area contributed by atoms with Crippen molar-refractivity contribution in [2.24, 2.45) is 0 Å². The van der Waals surface area contributed by atoms with E-state index in [4.69, 9.17) is 0 Å². The van der Waals surface area contributed by atoms with E-state index in [1.54, 1.807) is 22.9 Å². The van der Waals surface area contributed by atoms with Crippen molar-refractivity contribution in [1.29, 1.82) is 0 Å². The maximum atomic E-state index is 12.6. The van der Waals surface area contributed by atoms with Crippen molar-refractivity contribution in [2.45, 2.75) is 31.2 Å². The summed E-state index contributed by atoms with van der Waals surface area (Å²) in [5, 5.41) is 1.05. The summed E-state index contributed by atoms with van der Waals surface area (Å²) in [6.07, 6.45) is 4.29. The van der Waals surface area contributed by atoms with Crippen LogP contribution in [-0.4, -0.2) is 53.1 Å². The lowest BCUT2D eigenvalue weighted by Gasteiger charge is -2.15. The lowest BCUT2D eigenvalue weighted by atomic mass is 10.2. The maximum Gasteiger partial charge on any atom is 0.265 e. The number of thiazole rings is 1. The molecule has 2 heterocycles. The third-order valence-corrected chi connectivity index (χ3v) is 6.35. The molecule has 1 saturated heterocycles. The van der Waals surface area contributed by atoms with Crippen LogP contribution in [0.2, 0.25) is 0 Å². The van der Waals surface area contributed by atoms with Gasteiger partial charge in [-0.05, 0) is 45.0 Å². The van der Waals surface area contributed by atoms with Crippen LogP contribution >= 0.6 is 23.1 Å². The van der Waals surface area contributed by atoms with Gasteiger partial charge in [0.1, 0.15) is 9.88 Å². The Labute approximate surface area is 158 Å². The molecule has 1 fully saturated rings. The first-order chi connectivity index (χ1) is 12.1. The number of rotatable bonds is 7. The smallest absolute Gasteiger partial charge is 0.265 e. The first-order valence-corrected chi connectivity index (χ1v) is 10.5. The summed E-state index contributed by atoms with van der Waals surface area (Å²) in [7, 11) is 1.87. The Hall–Kier alpha value is -1.37. The highest BCUT2D eigenvalue weighted by atomic mass is 32.2. The quantitative estimate of drug-likeness (QED) is 0.688. The van der Waals surface area contributed by atoms with E-state index in [1.807, 2.05) is 7.05 Å². The minimum Gasteiger partial charge on any atom is -0.340 e. The number of likely N-dealkylation sites (tertiary alicyclic amines) is 1. The molecule has 1 amide bonds. The van der Waals surface area contributed by atoms with Crippen LogP contribution in [0.3, 0.4) is 0 Å². The van der Waals surface area contributed by atoms with Crippen LogP contribution in [0.4, 0.5) is 0 Å². The minimum atomic E-state index is 0.0784. The summed E-state index contributed by atoms with van der Waals surface area (Å²) in [6.45, 7) is 6.01. The van der Waals surface area contributed by atoms with Gasteiger partial charge in [-0.3, -0.25) is 9.69 Å². The first kappa shape index (κ1) is 18.4. The molecule has 0 unspecified atom stereocenters. The molecule has 0 radical (unpaired) electrons. The molecule has 25 heavy (non-hydrogen) atoms. The van der Waals surface area contributed by atoms with Crippen molar-refractivity contribution >= 4 is 29.0 Å². The van der Waals surface area contributed by atoms with Gasteiger partial charge in [-0.1, -0.05) is 17.7 Å². The Morgan fingerprint density at radius 1 is 1.28 bits per heavy atom. The Balaban J connectivity index is 1.46. The van der Waals surface area contributed by atoms with E-state index >= 15 is 0 Å². The number of carbonyl (C=O) groups excluding carboxylic acids is 1. The average Bonchev–Trinajstić information content (AvgIpc) is 3.28. The van der Waals surface area contributed by atoms with Crippen molar-refractivity contribution < 1.29 is 4.79 Å². The first-order valence-electron chi connectivity index (χ1n) is 8.74. The molecule has 0 saturated carbocycles. The number of nitrogens with zero attached hydrogens (tertiary/aromatic N) is 3. The van der Waals surface area contributed by atoms with E-state index in [0.717, 1.165) is 41.8 Å². The topological polar surface area (TPSA) is 36.4 Å². The van der Waals surface area contributed by atoms with Crippen molar-refractivity contribution in [3.63, 3.8) is 0 Å². The number of hydrogen-bond donors (Lipinski definition) is 0. The Bertz CT molecular complexity index is 693. The molecule has 134 valence electrons. The van der Waals surface area contributed by atoms with Gasteiger partial charge in [-0.25, -0.2) is 4.98 Å². The largest absolute Gasteiger partial charge is 0.340 e. The zero-order chi connectivity index (χ0) is 17.6. The Morgan fingerprint density at radius 2 is 2.00 bits per heavy atom. The number of amides is 1. The zero-order valence-electron chi connectivity index (χ0n) is 14.9. The molecule has 6 heteroatoms. The average molecular weight is 376 g/mol. The second-order valence-electron chi connectivity index (χ2n) is 6.49. The third-order valence-electron chi connectivity index (χ3n) is 4.39. The van der Waals surface area contributed by atoms with Crippen LogP contribution in [0.1, 0.15) is 33.1 Å². The molecular formula is C19H25N3OS2. The summed E-state index contributed by atoms with van der Waals surface area (Å²) in [5.41, 5.74) is 1.27. The summed E-state index contributed by atoms with van der Waals surface area (Å²) >= 11 is 3.32. The fourth-order valence-corrected chi connectivity index (χ4v) is 4.72. The molecule has 0 N–H and O–H groups in total. The van der Waals surface area contributed by atoms with E-state index in [1.165, 1.54) is 34.6 Å². The molecule has 0 spiro atoms. The minimum absolute atomic E-state index is 0.0784. The predicted octanol–water partition coefficient (Wildman–Crippen LogP) is 3.91. The van der Waals surface area contributed by atoms with Crippen molar-refractivity contribution in [3.05, 3.63) is 45.9 Å². The molecule has 0 aliphatic carbocycles. The standard InChI is InChI=1S/C19H25N3OS2/c1-15-5-7-16(8-6-15)24-12-11-21(2)19(23)17-13-20-18(25-17)14-22-9-3-4-10-22/h5-8,13H,3-4,9-12,14H2,1-2H3. The van der Waals surface area contributed by atoms with Crippen LogP contribution in [0.25, 0.3) is 0 Å². The second kappa shape index (κ2) is 8.83. The van der Waals surface area contributed by atoms with Crippen LogP contribution in [-0.2, 0) is 6.54 Å². The predicted molar refractivity (Wildman–Crippen MR) is 105 cm³/mol. The van der Waals surface area contributed by atoms with E-state index in [9.17, 15) is 4.79 Å². The van der Waals surface area contributed by atoms with Gasteiger partial charge in [0.2, 0.25) is 0 Å². The zero-order valence-corrected chi connectivity index (χ0v) is 16.5. The highest BCUT2D eigenvalue weighted by molar-refractivity contribution is 7.99. The van der Waals surface area contributed by atoms with Gasteiger partial charge >= 0.3 is 0 Å². The lowest BCUT2D eigenvalue weighted by molar-refractivity contribution is 0.0808. The molecule has 4 nitrogen and oxygen atoms in total. The van der Waals surface area contributed by atoms with Gasteiger partial charge in [0.15, 0.2) is 0 Å². The van der Waals surface area contributed by atoms with E-state index in [2.05, 4.69) is 41.1 Å². The number of hydrogen-bond acceptors (Lipinski definition) is 5. The van der Waals surface area contributed by atoms with Crippen molar-refractivity contribution in [3.8, 4) is 0 Å². The summed E-state index contributed by atoms with van der Waals surface area (Å²) in [4.78, 5) is 23.2. The van der Waals surface area contributed by atoms with Crippen LogP contribution in [0, 0.1) is 6.92 Å². The van der Waals surface area contributed by atoms with Gasteiger partial charge in [-0.15, -0.1) is 23.1 Å². The molecule has 1 aliphatic heterocycles. The molecule has 2 aromatic rings. The van der Waals surface area contributed by atoms with E-state index in [0.29, 0.717) is 0 Å². The summed E-state index contributed by atoms with van der Waals surface area (Å²) in [5.74, 6) is 0.972. The Morgan fingerprint density at radius 3 is 2.72 bits per heavy atom. The summed E-state index contributed by atoms with van der Waals surface area (Å²) in [6, 6.07) is 8.51. The van der Waals surface area contributed by atoms with Crippen LogP contribution in [0.15, 0.2) is 35.4 Å². The highest BCUT2D eigenvalue weighted by Gasteiger charge is 2.18. The number of aromatic nitrogens is 1. The molecule has 1 aromatic heterocycles. The van der Waals surface area contributed by atoms with Crippen molar-refractivity contribution in [1.82, 2.24) is 14.8 Å². The van der Waals surface area contributed by atoms with Gasteiger partial charge in [-0.2, -0.15) is 0 Å². The van der Waals surface area contributed by atoms with Crippen LogP contribution < -0.4 is 0 Å². The highest BCUT2D eigenvalue weighted by Crippen LogP contribution is 2.21. The Kier molecular flexibility index (Phi) is 6.51. The normalized spacial score (nSPS) is 14.8. The van der Waals surface area contributed by atoms with E-state index in [-0.39, 0.29) is 5.91 Å². The van der Waals surface area contributed by atoms with Crippen molar-refractivity contribution in [2.75, 3.05) is 32.4 Å². The fourth-order valence-electron chi connectivity index (χ4n) is 2.84. The van der Waals surface area contributed by atoms with E-state index < -0.39 is 0 Å². The third kappa shape index (κ3) is 5.30. The number of thioether (sulfide) groups is 1. The van der Waals surface area contributed by atoms with Gasteiger partial charge in [0.25, 0.3) is 5.91 Å². The van der Waals surface area contributed by atoms with Gasteiger partial charge < -0.3 is 4.90 Å². The number of carbonyl (C=O) groups is 1. The fraction of sp³-hybridized carbons (Fsp3) is 0.474. The monoisotopic (exact) mass is 375 g/mol. The molecule has 3 rings (SSSR count). The maximum absolute atomic E-state index is 12.6. The molecule has 0 atom stereocenters. The number of aryl methyl sites for hydroxylation is 1.